The van der Waals surface area contributed by atoms with Gasteiger partial charge in [0, 0.05) is 0 Å². The third-order valence-corrected chi connectivity index (χ3v) is 1.27. The Bertz CT molecular complexity index is 94.7. The first-order valence-corrected chi connectivity index (χ1v) is 2.54. The van der Waals surface area contributed by atoms with Crippen LogP contribution in [0.3, 0.4) is 0 Å². The number of carboxylic acids is 1. The Hall–Kier alpha value is -0.530. The topological polar surface area (TPSA) is 37.3 Å². The van der Waals surface area contributed by atoms with Crippen molar-refractivity contribution in [2.45, 2.75) is 20.8 Å². The molecule has 1 radical (unpaired) electrons. The summed E-state index contributed by atoms with van der Waals surface area (Å²) in [7, 11) is 0. The first kappa shape index (κ1) is 7.47. The van der Waals surface area contributed by atoms with Crippen molar-refractivity contribution >= 4 is 5.97 Å². The molecule has 0 fully saturated rings. The van der Waals surface area contributed by atoms with E-state index in [1.165, 1.54) is 0 Å². The van der Waals surface area contributed by atoms with Crippen molar-refractivity contribution < 1.29 is 9.90 Å². The minimum atomic E-state index is -0.778. The molecular formula is C6H11O2. The normalized spacial score (nSPS) is 11.4. The van der Waals surface area contributed by atoms with Crippen LogP contribution in [-0.2, 0) is 4.79 Å². The summed E-state index contributed by atoms with van der Waals surface area (Å²) in [5.41, 5.74) is -0.667. The van der Waals surface area contributed by atoms with Gasteiger partial charge in [0.2, 0.25) is 0 Å². The average molecular weight is 115 g/mol. The third-order valence-electron chi connectivity index (χ3n) is 1.27. The summed E-state index contributed by atoms with van der Waals surface area (Å²) < 4.78 is 0. The van der Waals surface area contributed by atoms with Crippen LogP contribution in [0.15, 0.2) is 0 Å². The van der Waals surface area contributed by atoms with Gasteiger partial charge < -0.3 is 5.11 Å². The van der Waals surface area contributed by atoms with Gasteiger partial charge in [0.1, 0.15) is 0 Å². The van der Waals surface area contributed by atoms with Crippen LogP contribution in [-0.4, -0.2) is 11.1 Å². The van der Waals surface area contributed by atoms with Gasteiger partial charge in [-0.2, -0.15) is 0 Å². The highest BCUT2D eigenvalue weighted by molar-refractivity contribution is 5.75. The van der Waals surface area contributed by atoms with E-state index >= 15 is 0 Å². The molecule has 0 heterocycles. The molecule has 0 spiro atoms. The minimum Gasteiger partial charge on any atom is -0.481 e. The van der Waals surface area contributed by atoms with E-state index in [4.69, 9.17) is 5.11 Å². The summed E-state index contributed by atoms with van der Waals surface area (Å²) in [4.78, 5) is 10.2. The molecule has 47 valence electrons. The summed E-state index contributed by atoms with van der Waals surface area (Å²) in [6.45, 7) is 5.07. The zero-order chi connectivity index (χ0) is 6.78. The molecule has 0 aromatic heterocycles. The van der Waals surface area contributed by atoms with Crippen LogP contribution in [0.2, 0.25) is 0 Å². The van der Waals surface area contributed by atoms with Gasteiger partial charge in [-0.15, -0.1) is 0 Å². The van der Waals surface area contributed by atoms with Gasteiger partial charge in [0.15, 0.2) is 0 Å². The van der Waals surface area contributed by atoms with E-state index in [9.17, 15) is 4.79 Å². The van der Waals surface area contributed by atoms with Gasteiger partial charge in [-0.25, -0.2) is 0 Å². The van der Waals surface area contributed by atoms with Crippen molar-refractivity contribution in [2.24, 2.45) is 5.41 Å². The van der Waals surface area contributed by atoms with E-state index in [0.29, 0.717) is 0 Å². The Morgan fingerprint density at radius 3 is 2.00 bits per heavy atom. The Balaban J connectivity index is 3.91. The van der Waals surface area contributed by atoms with Crippen molar-refractivity contribution in [2.75, 3.05) is 0 Å². The zero-order valence-electron chi connectivity index (χ0n) is 5.43. The minimum absolute atomic E-state index is 0.667. The molecule has 2 heteroatoms. The predicted molar refractivity (Wildman–Crippen MR) is 31.4 cm³/mol. The fourth-order valence-electron chi connectivity index (χ4n) is 0.123. The summed E-state index contributed by atoms with van der Waals surface area (Å²) >= 11 is 0. The molecule has 0 unspecified atom stereocenters. The molecule has 0 aliphatic heterocycles. The van der Waals surface area contributed by atoms with Gasteiger partial charge in [-0.05, 0) is 20.3 Å². The lowest BCUT2D eigenvalue weighted by atomic mass is 9.91. The monoisotopic (exact) mass is 115 g/mol. The second-order valence-electron chi connectivity index (χ2n) is 2.32. The van der Waals surface area contributed by atoms with Crippen LogP contribution in [0.1, 0.15) is 20.8 Å². The fraction of sp³-hybridized carbons (Fsp3) is 0.667. The summed E-state index contributed by atoms with van der Waals surface area (Å²) in [6.07, 6.45) is 1.66. The highest BCUT2D eigenvalue weighted by atomic mass is 16.4. The molecule has 0 saturated carbocycles. The van der Waals surface area contributed by atoms with E-state index < -0.39 is 11.4 Å². The number of rotatable bonds is 2. The molecule has 0 aromatic rings. The van der Waals surface area contributed by atoms with Crippen LogP contribution in [0.25, 0.3) is 0 Å². The van der Waals surface area contributed by atoms with Crippen molar-refractivity contribution in [1.29, 1.82) is 0 Å². The third kappa shape index (κ3) is 1.52. The van der Waals surface area contributed by atoms with Crippen molar-refractivity contribution in [3.05, 3.63) is 6.42 Å². The molecule has 0 aliphatic rings. The lowest BCUT2D eigenvalue weighted by Gasteiger charge is -2.14. The fourth-order valence-corrected chi connectivity index (χ4v) is 0.123. The smallest absolute Gasteiger partial charge is 0.309 e. The highest BCUT2D eigenvalue weighted by Crippen LogP contribution is 2.17. The summed E-state index contributed by atoms with van der Waals surface area (Å²) in [6, 6.07) is 0. The maximum atomic E-state index is 10.2. The van der Waals surface area contributed by atoms with Gasteiger partial charge in [0.25, 0.3) is 0 Å². The Morgan fingerprint density at radius 1 is 1.62 bits per heavy atom. The predicted octanol–water partition coefficient (Wildman–Crippen LogP) is 1.32. The largest absolute Gasteiger partial charge is 0.481 e. The average Bonchev–Trinajstić information content (AvgIpc) is 1.67. The molecule has 0 atom stereocenters. The van der Waals surface area contributed by atoms with Crippen LogP contribution in [0.4, 0.5) is 0 Å². The highest BCUT2D eigenvalue weighted by Gasteiger charge is 2.23. The first-order chi connectivity index (χ1) is 3.50. The second kappa shape index (κ2) is 2.16. The number of carboxylic acid groups (broad SMARTS) is 1. The van der Waals surface area contributed by atoms with Gasteiger partial charge in [-0.3, -0.25) is 4.79 Å². The van der Waals surface area contributed by atoms with E-state index in [1.807, 2.05) is 0 Å². The summed E-state index contributed by atoms with van der Waals surface area (Å²) in [5.74, 6) is -0.778. The first-order valence-electron chi connectivity index (χ1n) is 2.54. The van der Waals surface area contributed by atoms with Crippen LogP contribution in [0.5, 0.6) is 0 Å². The number of carbonyl (C=O) groups is 1. The molecule has 2 nitrogen and oxygen atoms in total. The molecule has 8 heavy (non-hydrogen) atoms. The molecule has 0 bridgehead atoms. The molecule has 0 rings (SSSR count). The molecule has 0 aliphatic carbocycles. The number of aliphatic carboxylic acids is 1. The quantitative estimate of drug-likeness (QED) is 0.589. The Labute approximate surface area is 49.5 Å². The van der Waals surface area contributed by atoms with E-state index in [0.717, 1.165) is 0 Å². The van der Waals surface area contributed by atoms with Crippen molar-refractivity contribution in [1.82, 2.24) is 0 Å². The van der Waals surface area contributed by atoms with E-state index in [1.54, 1.807) is 27.2 Å². The van der Waals surface area contributed by atoms with Crippen LogP contribution in [0, 0.1) is 11.8 Å². The maximum absolute atomic E-state index is 10.2. The van der Waals surface area contributed by atoms with Gasteiger partial charge >= 0.3 is 5.97 Å². The van der Waals surface area contributed by atoms with Gasteiger partial charge in [-0.1, -0.05) is 6.92 Å². The lowest BCUT2D eigenvalue weighted by Crippen LogP contribution is -2.22. The van der Waals surface area contributed by atoms with Crippen molar-refractivity contribution in [3.8, 4) is 0 Å². The molecule has 1 N–H and O–H groups in total. The Morgan fingerprint density at radius 2 is 2.00 bits per heavy atom. The zero-order valence-corrected chi connectivity index (χ0v) is 5.43. The molecule has 0 amide bonds. The Kier molecular flexibility index (Phi) is 2.02. The maximum Gasteiger partial charge on any atom is 0.309 e. The van der Waals surface area contributed by atoms with Crippen molar-refractivity contribution in [3.63, 3.8) is 0 Å². The lowest BCUT2D eigenvalue weighted by molar-refractivity contribution is -0.145. The van der Waals surface area contributed by atoms with Crippen LogP contribution < -0.4 is 0 Å². The SMILES string of the molecule is C[CH]C(C)(C)C(=O)O. The standard InChI is InChI=1S/C6H11O2/c1-4-6(2,3)5(7)8/h4H,1-3H3,(H,7,8). The molecule has 0 aromatic carbocycles. The van der Waals surface area contributed by atoms with Crippen LogP contribution >= 0.6 is 0 Å². The van der Waals surface area contributed by atoms with E-state index in [2.05, 4.69) is 0 Å². The number of hydrogen-bond acceptors (Lipinski definition) is 1. The second-order valence-corrected chi connectivity index (χ2v) is 2.32. The number of hydrogen-bond donors (Lipinski definition) is 1. The van der Waals surface area contributed by atoms with E-state index in [-0.39, 0.29) is 0 Å². The molecule has 0 saturated heterocycles. The van der Waals surface area contributed by atoms with Gasteiger partial charge in [0.05, 0.1) is 5.41 Å². The summed E-state index contributed by atoms with van der Waals surface area (Å²) in [5, 5.41) is 8.41. The molecular weight excluding hydrogens is 104 g/mol.